The third-order valence-electron chi connectivity index (χ3n) is 4.79. The van der Waals surface area contributed by atoms with Crippen LogP contribution in [0.15, 0.2) is 48.5 Å². The fourth-order valence-corrected chi connectivity index (χ4v) is 3.79. The topological polar surface area (TPSA) is 77.4 Å². The van der Waals surface area contributed by atoms with Crippen LogP contribution in [0.3, 0.4) is 0 Å². The van der Waals surface area contributed by atoms with Crippen molar-refractivity contribution in [2.75, 3.05) is 13.2 Å². The van der Waals surface area contributed by atoms with Crippen LogP contribution >= 0.6 is 23.2 Å². The lowest BCUT2D eigenvalue weighted by atomic mass is 10.0. The molecular formula is C20H20Cl2O6. The number of halogens is 2. The number of hydrogen-bond acceptors (Lipinski definition) is 6. The fraction of sp³-hybridized carbons (Fsp3) is 0.400. The van der Waals surface area contributed by atoms with Gasteiger partial charge in [-0.15, -0.1) is 0 Å². The molecule has 0 radical (unpaired) electrons. The second-order valence-corrected chi connectivity index (χ2v) is 7.60. The number of hydrogen-bond donors (Lipinski definition) is 2. The molecule has 4 rings (SSSR count). The molecule has 0 aliphatic carbocycles. The minimum absolute atomic E-state index is 0.0768. The van der Waals surface area contributed by atoms with Crippen molar-refractivity contribution in [3.63, 3.8) is 0 Å². The zero-order chi connectivity index (χ0) is 19.7. The standard InChI is InChI=1S/C20H20Cl2O6/c21-13-5-1-3-11(7-13)19-25-10-16-17(24)18(28-19)15(9-23)26-20(27-16)12-4-2-6-14(22)8-12/h1-8,15-20,23-24H,9-10H2/t15-,16+,17-,18-,19?,20?/m0/s1. The largest absolute Gasteiger partial charge is 0.394 e. The SMILES string of the molecule is OC[C@@H]1OC(c2cccc(Cl)c2)O[C@@H]2COC(c3cccc(Cl)c3)O[C@@H]1[C@H]2O. The molecule has 2 bridgehead atoms. The summed E-state index contributed by atoms with van der Waals surface area (Å²) in [5.41, 5.74) is 1.38. The molecule has 0 aromatic heterocycles. The van der Waals surface area contributed by atoms with Gasteiger partial charge in [-0.05, 0) is 24.3 Å². The summed E-state index contributed by atoms with van der Waals surface area (Å²) in [6.45, 7) is -0.287. The predicted octanol–water partition coefficient (Wildman–Crippen LogP) is 3.24. The van der Waals surface area contributed by atoms with Gasteiger partial charge >= 0.3 is 0 Å². The number of aliphatic hydroxyl groups excluding tert-OH is 2. The Morgan fingerprint density at radius 1 is 0.893 bits per heavy atom. The van der Waals surface area contributed by atoms with Crippen molar-refractivity contribution in [1.82, 2.24) is 0 Å². The molecule has 0 spiro atoms. The molecule has 150 valence electrons. The Morgan fingerprint density at radius 3 is 2.14 bits per heavy atom. The smallest absolute Gasteiger partial charge is 0.185 e. The van der Waals surface area contributed by atoms with E-state index in [4.69, 9.17) is 42.1 Å². The minimum atomic E-state index is -1.05. The highest BCUT2D eigenvalue weighted by molar-refractivity contribution is 6.30. The van der Waals surface area contributed by atoms with Crippen LogP contribution in [0.2, 0.25) is 10.0 Å². The number of aliphatic hydroxyl groups is 2. The van der Waals surface area contributed by atoms with Crippen molar-refractivity contribution >= 4 is 23.2 Å². The van der Waals surface area contributed by atoms with Crippen molar-refractivity contribution in [2.45, 2.75) is 37.0 Å². The number of fused-ring (bicyclic) bond motifs is 2. The van der Waals surface area contributed by atoms with Gasteiger partial charge in [-0.1, -0.05) is 47.5 Å². The monoisotopic (exact) mass is 426 g/mol. The van der Waals surface area contributed by atoms with Crippen LogP contribution in [-0.2, 0) is 18.9 Å². The summed E-state index contributed by atoms with van der Waals surface area (Å²) < 4.78 is 23.8. The molecule has 2 aromatic carbocycles. The highest BCUT2D eigenvalue weighted by Gasteiger charge is 2.46. The van der Waals surface area contributed by atoms with Gasteiger partial charge in [0.15, 0.2) is 12.6 Å². The summed E-state index contributed by atoms with van der Waals surface area (Å²) in [6.07, 6.45) is -5.04. The molecule has 2 unspecified atom stereocenters. The molecule has 2 fully saturated rings. The van der Waals surface area contributed by atoms with Crippen molar-refractivity contribution in [3.05, 3.63) is 69.7 Å². The Morgan fingerprint density at radius 2 is 1.54 bits per heavy atom. The number of benzene rings is 2. The van der Waals surface area contributed by atoms with Gasteiger partial charge in [-0.25, -0.2) is 0 Å². The van der Waals surface area contributed by atoms with Gasteiger partial charge in [0.05, 0.1) is 13.2 Å². The maximum absolute atomic E-state index is 10.8. The lowest BCUT2D eigenvalue weighted by Crippen LogP contribution is -2.45. The Bertz CT molecular complexity index is 817. The van der Waals surface area contributed by atoms with Gasteiger partial charge in [0.2, 0.25) is 0 Å². The second-order valence-electron chi connectivity index (χ2n) is 6.73. The van der Waals surface area contributed by atoms with Crippen LogP contribution in [0, 0.1) is 0 Å². The minimum Gasteiger partial charge on any atom is -0.394 e. The van der Waals surface area contributed by atoms with Gasteiger partial charge in [0.1, 0.15) is 24.4 Å². The zero-order valence-corrected chi connectivity index (χ0v) is 16.3. The molecule has 2 aromatic rings. The summed E-state index contributed by atoms with van der Waals surface area (Å²) in [6, 6.07) is 14.1. The Labute approximate surface area is 172 Å². The molecule has 2 saturated heterocycles. The first-order valence-corrected chi connectivity index (χ1v) is 9.68. The van der Waals surface area contributed by atoms with Gasteiger partial charge in [0, 0.05) is 21.2 Å². The Kier molecular flexibility index (Phi) is 6.20. The number of ether oxygens (including phenoxy) is 4. The zero-order valence-electron chi connectivity index (χ0n) is 14.8. The highest BCUT2D eigenvalue weighted by atomic mass is 35.5. The van der Waals surface area contributed by atoms with E-state index in [0.717, 1.165) is 0 Å². The number of rotatable bonds is 3. The fourth-order valence-electron chi connectivity index (χ4n) is 3.39. The van der Waals surface area contributed by atoms with Crippen LogP contribution in [0.4, 0.5) is 0 Å². The summed E-state index contributed by atoms with van der Waals surface area (Å²) in [5.74, 6) is 0. The van der Waals surface area contributed by atoms with Crippen LogP contribution in [0.25, 0.3) is 0 Å². The van der Waals surface area contributed by atoms with Crippen molar-refractivity contribution < 1.29 is 29.2 Å². The van der Waals surface area contributed by atoms with E-state index >= 15 is 0 Å². The molecule has 6 nitrogen and oxygen atoms in total. The molecule has 0 saturated carbocycles. The maximum atomic E-state index is 10.8. The molecule has 8 heteroatoms. The summed E-state index contributed by atoms with van der Waals surface area (Å²) in [4.78, 5) is 0. The van der Waals surface area contributed by atoms with E-state index < -0.39 is 37.0 Å². The van der Waals surface area contributed by atoms with E-state index in [1.165, 1.54) is 0 Å². The lowest BCUT2D eigenvalue weighted by molar-refractivity contribution is -0.249. The Balaban J connectivity index is 1.62. The third-order valence-corrected chi connectivity index (χ3v) is 5.27. The van der Waals surface area contributed by atoms with Crippen LogP contribution in [0.5, 0.6) is 0 Å². The van der Waals surface area contributed by atoms with Gasteiger partial charge in [-0.2, -0.15) is 0 Å². The van der Waals surface area contributed by atoms with Crippen LogP contribution in [0.1, 0.15) is 23.7 Å². The van der Waals surface area contributed by atoms with E-state index in [9.17, 15) is 10.2 Å². The van der Waals surface area contributed by atoms with Crippen molar-refractivity contribution in [2.24, 2.45) is 0 Å². The van der Waals surface area contributed by atoms with Gasteiger partial charge in [0.25, 0.3) is 0 Å². The average Bonchev–Trinajstić information content (AvgIpc) is 2.93. The first kappa shape index (κ1) is 20.1. The van der Waals surface area contributed by atoms with Gasteiger partial charge < -0.3 is 29.2 Å². The van der Waals surface area contributed by atoms with E-state index in [0.29, 0.717) is 21.2 Å². The first-order chi connectivity index (χ1) is 13.5. The average molecular weight is 427 g/mol. The molecule has 2 heterocycles. The quantitative estimate of drug-likeness (QED) is 0.784. The molecular weight excluding hydrogens is 407 g/mol. The van der Waals surface area contributed by atoms with Crippen LogP contribution in [-0.4, -0.2) is 47.8 Å². The molecule has 6 atom stereocenters. The van der Waals surface area contributed by atoms with Crippen molar-refractivity contribution in [1.29, 1.82) is 0 Å². The molecule has 28 heavy (non-hydrogen) atoms. The Hall–Kier alpha value is -1.22. The maximum Gasteiger partial charge on any atom is 0.185 e. The highest BCUT2D eigenvalue weighted by Crippen LogP contribution is 2.37. The van der Waals surface area contributed by atoms with E-state index in [2.05, 4.69) is 0 Å². The van der Waals surface area contributed by atoms with E-state index in [1.807, 2.05) is 6.07 Å². The molecule has 2 aliphatic heterocycles. The summed E-state index contributed by atoms with van der Waals surface area (Å²) >= 11 is 12.1. The normalized spacial score (nSPS) is 33.1. The van der Waals surface area contributed by atoms with E-state index in [1.54, 1.807) is 42.5 Å². The molecule has 0 amide bonds. The summed E-state index contributed by atoms with van der Waals surface area (Å²) in [7, 11) is 0. The molecule has 2 N–H and O–H groups in total. The first-order valence-electron chi connectivity index (χ1n) is 8.93. The van der Waals surface area contributed by atoms with Gasteiger partial charge in [-0.3, -0.25) is 0 Å². The molecule has 2 aliphatic rings. The lowest BCUT2D eigenvalue weighted by Gasteiger charge is -2.29. The third kappa shape index (κ3) is 4.20. The second kappa shape index (κ2) is 8.65. The predicted molar refractivity (Wildman–Crippen MR) is 102 cm³/mol. The van der Waals surface area contributed by atoms with Crippen LogP contribution < -0.4 is 0 Å². The van der Waals surface area contributed by atoms with Crippen molar-refractivity contribution in [3.8, 4) is 0 Å². The summed E-state index contributed by atoms with van der Waals surface area (Å²) in [5, 5.41) is 21.8. The van der Waals surface area contributed by atoms with E-state index in [-0.39, 0.29) is 13.2 Å².